The average molecular weight is 252 g/mol. The van der Waals surface area contributed by atoms with Crippen molar-refractivity contribution in [2.75, 3.05) is 13.7 Å². The minimum Gasteiger partial charge on any atom is -0.370 e. The Morgan fingerprint density at radius 3 is 3.11 bits per heavy atom. The molecule has 6 heteroatoms. The molecule has 0 spiro atoms. The number of nitrogens with zero attached hydrogens (tertiary/aromatic N) is 2. The van der Waals surface area contributed by atoms with Gasteiger partial charge in [0.05, 0.1) is 12.4 Å². The largest absolute Gasteiger partial charge is 0.370 e. The van der Waals surface area contributed by atoms with Crippen molar-refractivity contribution < 1.29 is 9.53 Å². The monoisotopic (exact) mass is 252 g/mol. The van der Waals surface area contributed by atoms with Crippen LogP contribution in [0, 0.1) is 0 Å². The van der Waals surface area contributed by atoms with Crippen molar-refractivity contribution in [2.24, 2.45) is 5.73 Å². The van der Waals surface area contributed by atoms with E-state index in [-0.39, 0.29) is 24.5 Å². The average Bonchev–Trinajstić information content (AvgIpc) is 3.00. The lowest BCUT2D eigenvalue weighted by Gasteiger charge is -2.24. The Kier molecular flexibility index (Phi) is 4.33. The van der Waals surface area contributed by atoms with Gasteiger partial charge in [0.1, 0.15) is 6.10 Å². The summed E-state index contributed by atoms with van der Waals surface area (Å²) in [6.45, 7) is 0.199. The number of methoxy groups -OCH3 is 1. The molecule has 18 heavy (non-hydrogen) atoms. The van der Waals surface area contributed by atoms with E-state index in [1.165, 1.54) is 7.11 Å². The minimum atomic E-state index is -0.561. The summed E-state index contributed by atoms with van der Waals surface area (Å²) in [5.74, 6) is -0.128. The quantitative estimate of drug-likeness (QED) is 0.776. The molecule has 0 aliphatic heterocycles. The molecule has 0 radical (unpaired) electrons. The van der Waals surface area contributed by atoms with E-state index in [2.05, 4.69) is 14.9 Å². The molecule has 1 aromatic rings. The van der Waals surface area contributed by atoms with Crippen LogP contribution in [0.15, 0.2) is 18.7 Å². The van der Waals surface area contributed by atoms with Gasteiger partial charge in [-0.05, 0) is 19.3 Å². The van der Waals surface area contributed by atoms with Crippen LogP contribution in [0.1, 0.15) is 25.3 Å². The zero-order valence-electron chi connectivity index (χ0n) is 10.6. The molecular weight excluding hydrogens is 232 g/mol. The maximum absolute atomic E-state index is 11.9. The predicted octanol–water partition coefficient (Wildman–Crippen LogP) is 0.0666. The molecule has 0 aromatic carbocycles. The normalized spacial score (nSPS) is 25.0. The van der Waals surface area contributed by atoms with Crippen molar-refractivity contribution in [2.45, 2.75) is 37.5 Å². The maximum Gasteiger partial charge on any atom is 0.250 e. The summed E-state index contributed by atoms with van der Waals surface area (Å²) in [4.78, 5) is 16.0. The Morgan fingerprint density at radius 1 is 1.67 bits per heavy atom. The summed E-state index contributed by atoms with van der Waals surface area (Å²) >= 11 is 0. The fraction of sp³-hybridized carbons (Fsp3) is 0.667. The number of ether oxygens (including phenoxy) is 1. The lowest BCUT2D eigenvalue weighted by Crippen LogP contribution is -2.46. The standard InChI is InChI=1S/C12H20N4O2/c1-18-11(7-13)12(17)15-9-3-2-4-10(9)16-6-5-14-8-16/h5-6,8-11H,2-4,7,13H2,1H3,(H,15,17). The number of aromatic nitrogens is 2. The summed E-state index contributed by atoms with van der Waals surface area (Å²) in [6.07, 6.45) is 8.08. The van der Waals surface area contributed by atoms with Gasteiger partial charge in [0.25, 0.3) is 5.91 Å². The number of nitrogens with one attached hydrogen (secondary N) is 1. The lowest BCUT2D eigenvalue weighted by atomic mass is 10.1. The van der Waals surface area contributed by atoms with Crippen molar-refractivity contribution in [3.63, 3.8) is 0 Å². The van der Waals surface area contributed by atoms with Gasteiger partial charge in [-0.3, -0.25) is 4.79 Å². The van der Waals surface area contributed by atoms with Gasteiger partial charge in [0, 0.05) is 32.1 Å². The Hall–Kier alpha value is -1.40. The van der Waals surface area contributed by atoms with E-state index < -0.39 is 6.10 Å². The van der Waals surface area contributed by atoms with Gasteiger partial charge in [-0.2, -0.15) is 0 Å². The Bertz CT molecular complexity index is 375. The van der Waals surface area contributed by atoms with Gasteiger partial charge in [0.2, 0.25) is 0 Å². The first-order valence-corrected chi connectivity index (χ1v) is 6.27. The minimum absolute atomic E-state index is 0.128. The molecule has 2 rings (SSSR count). The number of rotatable bonds is 5. The van der Waals surface area contributed by atoms with E-state index in [1.54, 1.807) is 12.5 Å². The van der Waals surface area contributed by atoms with Gasteiger partial charge in [-0.15, -0.1) is 0 Å². The molecule has 1 aliphatic carbocycles. The number of nitrogens with two attached hydrogens (primary N) is 1. The highest BCUT2D eigenvalue weighted by Crippen LogP contribution is 2.29. The summed E-state index contributed by atoms with van der Waals surface area (Å²) in [6, 6.07) is 0.419. The van der Waals surface area contributed by atoms with Crippen LogP contribution in [0.25, 0.3) is 0 Å². The van der Waals surface area contributed by atoms with E-state index in [0.717, 1.165) is 19.3 Å². The van der Waals surface area contributed by atoms with Crippen LogP contribution >= 0.6 is 0 Å². The Balaban J connectivity index is 1.98. The third-order valence-corrected chi connectivity index (χ3v) is 3.51. The highest BCUT2D eigenvalue weighted by atomic mass is 16.5. The van der Waals surface area contributed by atoms with Crippen molar-refractivity contribution >= 4 is 5.91 Å². The zero-order valence-corrected chi connectivity index (χ0v) is 10.6. The number of hydrogen-bond acceptors (Lipinski definition) is 4. The molecule has 0 bridgehead atoms. The summed E-state index contributed by atoms with van der Waals surface area (Å²) < 4.78 is 7.10. The van der Waals surface area contributed by atoms with Gasteiger partial charge in [-0.1, -0.05) is 0 Å². The molecule has 1 saturated carbocycles. The van der Waals surface area contributed by atoms with Crippen LogP contribution in [0.5, 0.6) is 0 Å². The molecule has 3 N–H and O–H groups in total. The molecule has 100 valence electrons. The third-order valence-electron chi connectivity index (χ3n) is 3.51. The van der Waals surface area contributed by atoms with Crippen LogP contribution in [0.2, 0.25) is 0 Å². The molecule has 1 amide bonds. The first-order valence-electron chi connectivity index (χ1n) is 6.27. The van der Waals surface area contributed by atoms with Crippen molar-refractivity contribution in [3.8, 4) is 0 Å². The van der Waals surface area contributed by atoms with Gasteiger partial charge >= 0.3 is 0 Å². The predicted molar refractivity (Wildman–Crippen MR) is 66.9 cm³/mol. The first-order chi connectivity index (χ1) is 8.76. The molecular formula is C12H20N4O2. The van der Waals surface area contributed by atoms with Crippen LogP contribution in [-0.4, -0.2) is 41.3 Å². The molecule has 1 fully saturated rings. The SMILES string of the molecule is COC(CN)C(=O)NC1CCCC1n1ccnc1. The summed E-state index contributed by atoms with van der Waals surface area (Å²) in [5.41, 5.74) is 5.49. The van der Waals surface area contributed by atoms with Crippen molar-refractivity contribution in [3.05, 3.63) is 18.7 Å². The van der Waals surface area contributed by atoms with E-state index in [4.69, 9.17) is 10.5 Å². The lowest BCUT2D eigenvalue weighted by molar-refractivity contribution is -0.131. The zero-order chi connectivity index (χ0) is 13.0. The molecule has 1 heterocycles. The molecule has 1 aromatic heterocycles. The van der Waals surface area contributed by atoms with Crippen LogP contribution in [-0.2, 0) is 9.53 Å². The third kappa shape index (κ3) is 2.70. The van der Waals surface area contributed by atoms with Crippen LogP contribution in [0.3, 0.4) is 0 Å². The molecule has 3 atom stereocenters. The van der Waals surface area contributed by atoms with Crippen molar-refractivity contribution in [1.29, 1.82) is 0 Å². The number of amides is 1. The van der Waals surface area contributed by atoms with Gasteiger partial charge in [-0.25, -0.2) is 4.98 Å². The van der Waals surface area contributed by atoms with E-state index >= 15 is 0 Å². The van der Waals surface area contributed by atoms with Crippen LogP contribution in [0.4, 0.5) is 0 Å². The topological polar surface area (TPSA) is 82.2 Å². The second kappa shape index (κ2) is 5.97. The number of imidazole rings is 1. The van der Waals surface area contributed by atoms with E-state index in [1.807, 2.05) is 6.20 Å². The first kappa shape index (κ1) is 13.0. The van der Waals surface area contributed by atoms with Gasteiger partial charge < -0.3 is 20.4 Å². The summed E-state index contributed by atoms with van der Waals surface area (Å²) in [5, 5.41) is 3.03. The second-order valence-electron chi connectivity index (χ2n) is 4.58. The van der Waals surface area contributed by atoms with Crippen molar-refractivity contribution in [1.82, 2.24) is 14.9 Å². The number of hydrogen-bond donors (Lipinski definition) is 2. The Morgan fingerprint density at radius 2 is 2.50 bits per heavy atom. The maximum atomic E-state index is 11.9. The molecule has 3 unspecified atom stereocenters. The van der Waals surface area contributed by atoms with Crippen LogP contribution < -0.4 is 11.1 Å². The van der Waals surface area contributed by atoms with E-state index in [9.17, 15) is 4.79 Å². The van der Waals surface area contributed by atoms with E-state index in [0.29, 0.717) is 0 Å². The number of carbonyl (C=O) groups excluding carboxylic acids is 1. The molecule has 0 saturated heterocycles. The highest BCUT2D eigenvalue weighted by molar-refractivity contribution is 5.81. The fourth-order valence-electron chi connectivity index (χ4n) is 2.52. The number of carbonyl (C=O) groups is 1. The Labute approximate surface area is 107 Å². The van der Waals surface area contributed by atoms with Gasteiger partial charge in [0.15, 0.2) is 0 Å². The molecule has 1 aliphatic rings. The highest BCUT2D eigenvalue weighted by Gasteiger charge is 2.31. The molecule has 6 nitrogen and oxygen atoms in total. The summed E-state index contributed by atoms with van der Waals surface area (Å²) in [7, 11) is 1.50. The smallest absolute Gasteiger partial charge is 0.250 e. The fourth-order valence-corrected chi connectivity index (χ4v) is 2.52. The second-order valence-corrected chi connectivity index (χ2v) is 4.58.